The molecular formula is C15H20N2O3. The van der Waals surface area contributed by atoms with Gasteiger partial charge in [-0.2, -0.15) is 0 Å². The molecule has 0 fully saturated rings. The van der Waals surface area contributed by atoms with Crippen molar-refractivity contribution in [1.82, 2.24) is 10.2 Å². The fraction of sp³-hybridized carbons (Fsp3) is 0.400. The number of hydrogen-bond acceptors (Lipinski definition) is 4. The lowest BCUT2D eigenvalue weighted by Gasteiger charge is -2.18. The van der Waals surface area contributed by atoms with Crippen molar-refractivity contribution in [1.29, 1.82) is 0 Å². The van der Waals surface area contributed by atoms with Crippen LogP contribution in [0.25, 0.3) is 11.0 Å². The normalized spacial score (nSPS) is 13.0. The van der Waals surface area contributed by atoms with Crippen LogP contribution in [0.5, 0.6) is 0 Å². The van der Waals surface area contributed by atoms with Gasteiger partial charge >= 0.3 is 5.97 Å². The van der Waals surface area contributed by atoms with Crippen LogP contribution in [-0.4, -0.2) is 42.7 Å². The van der Waals surface area contributed by atoms with Crippen molar-refractivity contribution in [2.24, 2.45) is 0 Å². The van der Waals surface area contributed by atoms with Crippen molar-refractivity contribution in [3.8, 4) is 0 Å². The fourth-order valence-corrected chi connectivity index (χ4v) is 2.34. The number of rotatable bonds is 6. The zero-order chi connectivity index (χ0) is 14.7. The second kappa shape index (κ2) is 6.07. The first-order valence-corrected chi connectivity index (χ1v) is 6.61. The minimum atomic E-state index is -1.03. The summed E-state index contributed by atoms with van der Waals surface area (Å²) in [6.45, 7) is 3.44. The molecule has 20 heavy (non-hydrogen) atoms. The summed E-state index contributed by atoms with van der Waals surface area (Å²) in [7, 11) is 4.02. The first-order valence-electron chi connectivity index (χ1n) is 6.61. The van der Waals surface area contributed by atoms with Crippen molar-refractivity contribution < 1.29 is 14.3 Å². The van der Waals surface area contributed by atoms with E-state index >= 15 is 0 Å². The van der Waals surface area contributed by atoms with Crippen molar-refractivity contribution in [3.05, 3.63) is 35.6 Å². The van der Waals surface area contributed by atoms with E-state index in [4.69, 9.17) is 4.42 Å². The predicted octanol–water partition coefficient (Wildman–Crippen LogP) is 2.17. The molecule has 1 aromatic heterocycles. The second-order valence-electron chi connectivity index (χ2n) is 5.26. The minimum Gasteiger partial charge on any atom is -0.475 e. The van der Waals surface area contributed by atoms with Crippen LogP contribution in [0, 0.1) is 0 Å². The van der Waals surface area contributed by atoms with Crippen LogP contribution in [0.4, 0.5) is 0 Å². The number of nitrogens with one attached hydrogen (secondary N) is 1. The Bertz CT molecular complexity index is 604. The maximum atomic E-state index is 11.3. The van der Waals surface area contributed by atoms with Gasteiger partial charge in [-0.15, -0.1) is 0 Å². The molecule has 0 aliphatic carbocycles. The number of aromatic carboxylic acids is 1. The van der Waals surface area contributed by atoms with Crippen LogP contribution in [0.3, 0.4) is 0 Å². The number of benzene rings is 1. The Kier molecular flexibility index (Phi) is 4.42. The first-order chi connectivity index (χ1) is 9.49. The summed E-state index contributed by atoms with van der Waals surface area (Å²) in [4.78, 5) is 13.4. The molecule has 0 aliphatic heterocycles. The van der Waals surface area contributed by atoms with E-state index in [1.54, 1.807) is 6.07 Å². The average molecular weight is 276 g/mol. The van der Waals surface area contributed by atoms with E-state index in [0.29, 0.717) is 17.7 Å². The third kappa shape index (κ3) is 3.18. The average Bonchev–Trinajstić information content (AvgIpc) is 2.74. The zero-order valence-electron chi connectivity index (χ0n) is 12.0. The molecule has 1 heterocycles. The third-order valence-electron chi connectivity index (χ3n) is 3.16. The van der Waals surface area contributed by atoms with Gasteiger partial charge in [-0.25, -0.2) is 4.79 Å². The number of likely N-dealkylation sites (N-methyl/N-ethyl adjacent to an activating group) is 1. The summed E-state index contributed by atoms with van der Waals surface area (Å²) in [5.74, 6) is -1.01. The number of carbonyl (C=O) groups is 1. The van der Waals surface area contributed by atoms with E-state index in [1.807, 2.05) is 32.3 Å². The Morgan fingerprint density at radius 1 is 1.40 bits per heavy atom. The zero-order valence-corrected chi connectivity index (χ0v) is 12.0. The molecule has 1 atom stereocenters. The molecule has 5 nitrogen and oxygen atoms in total. The largest absolute Gasteiger partial charge is 0.475 e. The van der Waals surface area contributed by atoms with Crippen LogP contribution in [-0.2, 0) is 6.54 Å². The van der Waals surface area contributed by atoms with Gasteiger partial charge in [0.25, 0.3) is 0 Å². The molecule has 2 N–H and O–H groups in total. The molecule has 0 saturated heterocycles. The van der Waals surface area contributed by atoms with E-state index < -0.39 is 5.97 Å². The standard InChI is InChI=1S/C15H20N2O3/c1-10(9-17(2)3)16-8-12-11-6-4-5-7-13(11)20-14(12)15(18)19/h4-7,10,16H,8-9H2,1-3H3,(H,18,19). The van der Waals surface area contributed by atoms with Crippen molar-refractivity contribution in [2.45, 2.75) is 19.5 Å². The molecule has 108 valence electrons. The monoisotopic (exact) mass is 276 g/mol. The molecule has 2 aromatic rings. The Balaban J connectivity index is 2.23. The van der Waals surface area contributed by atoms with Crippen LogP contribution < -0.4 is 5.32 Å². The third-order valence-corrected chi connectivity index (χ3v) is 3.16. The highest BCUT2D eigenvalue weighted by molar-refractivity contribution is 5.95. The lowest BCUT2D eigenvalue weighted by Crippen LogP contribution is -2.35. The molecule has 0 saturated carbocycles. The van der Waals surface area contributed by atoms with Gasteiger partial charge in [0.2, 0.25) is 5.76 Å². The van der Waals surface area contributed by atoms with Gasteiger partial charge in [-0.1, -0.05) is 18.2 Å². The number of carboxylic acid groups (broad SMARTS) is 1. The van der Waals surface area contributed by atoms with E-state index in [2.05, 4.69) is 17.1 Å². The van der Waals surface area contributed by atoms with Gasteiger partial charge in [0.05, 0.1) is 0 Å². The van der Waals surface area contributed by atoms with Gasteiger partial charge in [0, 0.05) is 30.1 Å². The predicted molar refractivity (Wildman–Crippen MR) is 78.0 cm³/mol. The maximum absolute atomic E-state index is 11.3. The number of nitrogens with zero attached hydrogens (tertiary/aromatic N) is 1. The van der Waals surface area contributed by atoms with E-state index in [1.165, 1.54) is 0 Å². The van der Waals surface area contributed by atoms with Crippen molar-refractivity contribution >= 4 is 16.9 Å². The molecule has 5 heteroatoms. The highest BCUT2D eigenvalue weighted by Gasteiger charge is 2.19. The summed E-state index contributed by atoms with van der Waals surface area (Å²) < 4.78 is 5.42. The van der Waals surface area contributed by atoms with Gasteiger partial charge in [0.1, 0.15) is 5.58 Å². The van der Waals surface area contributed by atoms with E-state index in [-0.39, 0.29) is 11.8 Å². The summed E-state index contributed by atoms with van der Waals surface area (Å²) in [6.07, 6.45) is 0. The molecule has 0 amide bonds. The van der Waals surface area contributed by atoms with Gasteiger partial charge in [-0.3, -0.25) is 0 Å². The van der Waals surface area contributed by atoms with Crippen LogP contribution in [0.1, 0.15) is 23.0 Å². The van der Waals surface area contributed by atoms with Gasteiger partial charge < -0.3 is 19.7 Å². The van der Waals surface area contributed by atoms with Crippen molar-refractivity contribution in [2.75, 3.05) is 20.6 Å². The Morgan fingerprint density at radius 3 is 2.75 bits per heavy atom. The second-order valence-corrected chi connectivity index (χ2v) is 5.26. The summed E-state index contributed by atoms with van der Waals surface area (Å²) >= 11 is 0. The minimum absolute atomic E-state index is 0.0238. The molecular weight excluding hydrogens is 256 g/mol. The van der Waals surface area contributed by atoms with Crippen LogP contribution in [0.2, 0.25) is 0 Å². The van der Waals surface area contributed by atoms with Crippen LogP contribution >= 0.6 is 0 Å². The molecule has 2 rings (SSSR count). The quantitative estimate of drug-likeness (QED) is 0.846. The first kappa shape index (κ1) is 14.6. The molecule has 0 bridgehead atoms. The van der Waals surface area contributed by atoms with E-state index in [9.17, 15) is 9.90 Å². The summed E-state index contributed by atoms with van der Waals surface area (Å²) in [5, 5.41) is 13.4. The molecule has 1 unspecified atom stereocenters. The maximum Gasteiger partial charge on any atom is 0.372 e. The Morgan fingerprint density at radius 2 is 2.10 bits per heavy atom. The summed E-state index contributed by atoms with van der Waals surface area (Å²) in [5.41, 5.74) is 1.32. The fourth-order valence-electron chi connectivity index (χ4n) is 2.34. The van der Waals surface area contributed by atoms with Crippen LogP contribution in [0.15, 0.2) is 28.7 Å². The highest BCUT2D eigenvalue weighted by atomic mass is 16.4. The van der Waals surface area contributed by atoms with Crippen molar-refractivity contribution in [3.63, 3.8) is 0 Å². The lowest BCUT2D eigenvalue weighted by atomic mass is 10.1. The molecule has 0 radical (unpaired) electrons. The number of para-hydroxylation sites is 1. The lowest BCUT2D eigenvalue weighted by molar-refractivity contribution is 0.0663. The van der Waals surface area contributed by atoms with Gasteiger partial charge in [-0.05, 0) is 27.1 Å². The Labute approximate surface area is 118 Å². The van der Waals surface area contributed by atoms with Gasteiger partial charge in [0.15, 0.2) is 0 Å². The number of hydrogen-bond donors (Lipinski definition) is 2. The topological polar surface area (TPSA) is 65.7 Å². The number of fused-ring (bicyclic) bond motifs is 1. The smallest absolute Gasteiger partial charge is 0.372 e. The number of carboxylic acids is 1. The molecule has 0 aliphatic rings. The SMILES string of the molecule is CC(CN(C)C)NCc1c(C(=O)O)oc2ccccc12. The van der Waals surface area contributed by atoms with E-state index in [0.717, 1.165) is 11.9 Å². The molecule has 0 spiro atoms. The Hall–Kier alpha value is -1.85. The molecule has 1 aromatic carbocycles. The highest BCUT2D eigenvalue weighted by Crippen LogP contribution is 2.25. The summed E-state index contributed by atoms with van der Waals surface area (Å²) in [6, 6.07) is 7.66. The number of furan rings is 1.